The summed E-state index contributed by atoms with van der Waals surface area (Å²) in [5, 5.41) is 30.8. The lowest BCUT2D eigenvalue weighted by Gasteiger charge is -2.27. The number of amides is 2. The van der Waals surface area contributed by atoms with Crippen molar-refractivity contribution in [1.82, 2.24) is 62.5 Å². The Hall–Kier alpha value is -10.3. The zero-order chi connectivity index (χ0) is 78.4. The molecule has 3 unspecified atom stereocenters. The quantitative estimate of drug-likeness (QED) is 0.0178. The Morgan fingerprint density at radius 3 is 1.12 bits per heavy atom. The number of ketones is 2. The Labute approximate surface area is 661 Å². The predicted octanol–water partition coefficient (Wildman–Crippen LogP) is 15.6. The smallest absolute Gasteiger partial charge is 0.267 e. The van der Waals surface area contributed by atoms with Gasteiger partial charge in [0, 0.05) is 125 Å². The molecule has 6 heterocycles. The van der Waals surface area contributed by atoms with E-state index in [1.807, 2.05) is 60.7 Å². The minimum absolute atomic E-state index is 0.110. The third kappa shape index (κ3) is 23.2. The van der Waals surface area contributed by atoms with Crippen LogP contribution in [0.15, 0.2) is 194 Å². The highest BCUT2D eigenvalue weighted by molar-refractivity contribution is 6.02. The molecule has 4 fully saturated rings. The van der Waals surface area contributed by atoms with Gasteiger partial charge in [0.25, 0.3) is 11.8 Å². The maximum absolute atomic E-state index is 13.1. The molecule has 2 saturated heterocycles. The highest BCUT2D eigenvalue weighted by Crippen LogP contribution is 2.31. The van der Waals surface area contributed by atoms with Crippen LogP contribution in [0.25, 0.3) is 88.1 Å². The summed E-state index contributed by atoms with van der Waals surface area (Å²) in [5.41, 5.74) is 29.3. The number of Topliss-reactive ketones (excluding diaryl/α,β-unsaturated/α-hetero) is 2. The molecule has 8 aromatic carbocycles. The number of hydrogen-bond acceptors (Lipinski definition) is 12. The molecular weight excluding hydrogens is 1420 g/mol. The molecule has 2 aliphatic heterocycles. The standard InChI is InChI=1S/C25H31N3O.C24H29N3O.C23H27FN4O.C21H23FN4O/c1-17-4-6-18(7-5-17)19-8-9-20-16-24(28-23(20)15-19)25(29)3-2-14-27-22-12-10-21(26)11-13-22;1-17-4-6-18(7-5-17)19-8-9-20-16-23(27-22(20)15-19)24(28)3-2-12-26-21-10-13-25-14-11-21;24-18-8-6-15(7-9-18)16-4-5-17-13-22(28-21(17)12-16)23(29)27-11-10-26-20-3-1-2-19(25)14-20;22-17-5-3-14(4-6-17)15-1-2-16-12-20(26-19(16)11-15)21(27)25-10-9-24-18-7-8-23-13-18/h4-9,15-16,21-22,27-28H,2-3,10-14,26H2,1H3;4-9,15-16,21,25-27H,2-3,10-14H2,1H3;4-9,12-13,19-20,26,28H,1-3,10-11,14,25H2,(H,27,29);1-6,11-12,18,23-24,26H,7-10,13H2,(H,25,27). The Morgan fingerprint density at radius 1 is 0.354 bits per heavy atom. The number of carbonyl (C=O) groups excluding carboxylic acids is 4. The molecule has 4 aliphatic rings. The number of nitrogens with two attached hydrogens (primary N) is 2. The average molecular weight is 1530 g/mol. The molecular formula is C93H110F2N14O4. The summed E-state index contributed by atoms with van der Waals surface area (Å²) in [6.45, 7) is 12.9. The van der Waals surface area contributed by atoms with Crippen LogP contribution in [0.5, 0.6) is 0 Å². The second kappa shape index (κ2) is 40.0. The van der Waals surface area contributed by atoms with E-state index in [9.17, 15) is 28.0 Å². The van der Waals surface area contributed by atoms with Crippen LogP contribution < -0.4 is 54.0 Å². The number of aryl methyl sites for hydroxylation is 2. The fourth-order valence-electron chi connectivity index (χ4n) is 15.6. The van der Waals surface area contributed by atoms with Crippen molar-refractivity contribution in [2.45, 2.75) is 146 Å². The highest BCUT2D eigenvalue weighted by atomic mass is 19.1. The summed E-state index contributed by atoms with van der Waals surface area (Å²) >= 11 is 0. The average Bonchev–Trinajstić information content (AvgIpc) is 1.69. The number of nitrogens with one attached hydrogen (secondary N) is 12. The SMILES string of the molecule is Cc1ccc(-c2ccc3cc(C(=O)CCCNC4CCC(N)CC4)[nH]c3c2)cc1.Cc1ccc(-c2ccc3cc(C(=O)CCCNC4CCNCC4)[nH]c3c2)cc1.NC1CCCC(NCCNC(=O)c2cc3ccc(-c4ccc(F)cc4)cc3[nH]2)C1.O=C(NCCNC1CCNC1)c1cc2ccc(-c3ccc(F)cc3)cc2[nH]1. The number of fused-ring (bicyclic) bond motifs is 4. The number of hydrogen-bond donors (Lipinski definition) is 14. The first-order chi connectivity index (χ1) is 55.0. The predicted molar refractivity (Wildman–Crippen MR) is 456 cm³/mol. The third-order valence-electron chi connectivity index (χ3n) is 22.3. The first-order valence-corrected chi connectivity index (χ1v) is 40.7. The van der Waals surface area contributed by atoms with Gasteiger partial charge < -0.3 is 73.9 Å². The highest BCUT2D eigenvalue weighted by Gasteiger charge is 2.22. The van der Waals surface area contributed by atoms with Gasteiger partial charge in [0.1, 0.15) is 23.0 Å². The number of halogens is 2. The van der Waals surface area contributed by atoms with Crippen LogP contribution in [-0.2, 0) is 0 Å². The second-order valence-electron chi connectivity index (χ2n) is 31.0. The molecule has 0 bridgehead atoms. The number of aromatic amines is 4. The van der Waals surface area contributed by atoms with Gasteiger partial charge in [0.2, 0.25) is 0 Å². The summed E-state index contributed by atoms with van der Waals surface area (Å²) in [6.07, 6.45) is 15.3. The molecule has 2 aliphatic carbocycles. The van der Waals surface area contributed by atoms with Crippen molar-refractivity contribution in [1.29, 1.82) is 0 Å². The van der Waals surface area contributed by atoms with Gasteiger partial charge in [-0.3, -0.25) is 19.2 Å². The van der Waals surface area contributed by atoms with E-state index in [2.05, 4.69) is 161 Å². The largest absolute Gasteiger partial charge is 0.352 e. The number of piperidine rings is 1. The molecule has 0 spiro atoms. The van der Waals surface area contributed by atoms with Crippen LogP contribution >= 0.6 is 0 Å². The topological polar surface area (TPSA) is 280 Å². The molecule has 113 heavy (non-hydrogen) atoms. The lowest BCUT2D eigenvalue weighted by molar-refractivity contribution is 0.0941. The molecule has 590 valence electrons. The number of H-pyrrole nitrogens is 4. The summed E-state index contributed by atoms with van der Waals surface area (Å²) in [7, 11) is 0. The molecule has 16 N–H and O–H groups in total. The molecule has 20 heteroatoms. The van der Waals surface area contributed by atoms with Crippen molar-refractivity contribution in [2.24, 2.45) is 11.5 Å². The lowest BCUT2D eigenvalue weighted by atomic mass is 9.92. The van der Waals surface area contributed by atoms with Crippen LogP contribution in [0.3, 0.4) is 0 Å². The third-order valence-corrected chi connectivity index (χ3v) is 22.3. The fraction of sp³-hybridized carbons (Fsp3) is 0.355. The van der Waals surface area contributed by atoms with Crippen molar-refractivity contribution < 1.29 is 28.0 Å². The van der Waals surface area contributed by atoms with Crippen molar-refractivity contribution in [3.05, 3.63) is 240 Å². The Kier molecular flexibility index (Phi) is 28.6. The van der Waals surface area contributed by atoms with Crippen LogP contribution in [0.2, 0.25) is 0 Å². The number of carbonyl (C=O) groups is 4. The summed E-state index contributed by atoms with van der Waals surface area (Å²) < 4.78 is 26.2. The van der Waals surface area contributed by atoms with E-state index < -0.39 is 0 Å². The molecule has 16 rings (SSSR count). The van der Waals surface area contributed by atoms with E-state index >= 15 is 0 Å². The van der Waals surface area contributed by atoms with Crippen LogP contribution in [0.1, 0.15) is 149 Å². The van der Waals surface area contributed by atoms with E-state index in [1.54, 1.807) is 24.3 Å². The molecule has 4 aromatic heterocycles. The fourth-order valence-corrected chi connectivity index (χ4v) is 15.6. The number of benzene rings is 8. The Bertz CT molecular complexity index is 5090. The van der Waals surface area contributed by atoms with E-state index in [0.717, 1.165) is 194 Å². The minimum atomic E-state index is -0.255. The van der Waals surface area contributed by atoms with Crippen LogP contribution in [-0.4, -0.2) is 145 Å². The molecule has 12 aromatic rings. The van der Waals surface area contributed by atoms with Gasteiger partial charge in [-0.15, -0.1) is 0 Å². The van der Waals surface area contributed by atoms with Gasteiger partial charge >= 0.3 is 0 Å². The van der Waals surface area contributed by atoms with Gasteiger partial charge in [-0.1, -0.05) is 139 Å². The second-order valence-corrected chi connectivity index (χ2v) is 31.0. The zero-order valence-electron chi connectivity index (χ0n) is 65.2. The first kappa shape index (κ1) is 80.8. The van der Waals surface area contributed by atoms with Crippen molar-refractivity contribution in [3.63, 3.8) is 0 Å². The molecule has 0 radical (unpaired) electrons. The van der Waals surface area contributed by atoms with E-state index in [1.165, 1.54) is 71.3 Å². The minimum Gasteiger partial charge on any atom is -0.352 e. The molecule has 2 amide bonds. The molecule has 18 nitrogen and oxygen atoms in total. The van der Waals surface area contributed by atoms with Crippen LogP contribution in [0.4, 0.5) is 8.78 Å². The Morgan fingerprint density at radius 2 is 0.708 bits per heavy atom. The summed E-state index contributed by atoms with van der Waals surface area (Å²) in [5.74, 6) is -0.356. The number of aromatic nitrogens is 4. The van der Waals surface area contributed by atoms with E-state index in [0.29, 0.717) is 79.3 Å². The van der Waals surface area contributed by atoms with Crippen LogP contribution in [0, 0.1) is 25.5 Å². The lowest BCUT2D eigenvalue weighted by Crippen LogP contribution is -2.42. The first-order valence-electron chi connectivity index (χ1n) is 40.7. The summed E-state index contributed by atoms with van der Waals surface area (Å²) in [6, 6.07) is 64.8. The van der Waals surface area contributed by atoms with Gasteiger partial charge in [-0.25, -0.2) is 8.78 Å². The number of rotatable bonds is 26. The van der Waals surface area contributed by atoms with Gasteiger partial charge in [0.05, 0.1) is 11.4 Å². The molecule has 2 saturated carbocycles. The maximum atomic E-state index is 13.1. The summed E-state index contributed by atoms with van der Waals surface area (Å²) in [4.78, 5) is 63.1. The van der Waals surface area contributed by atoms with E-state index in [4.69, 9.17) is 11.5 Å². The van der Waals surface area contributed by atoms with Crippen molar-refractivity contribution in [3.8, 4) is 44.5 Å². The van der Waals surface area contributed by atoms with Gasteiger partial charge in [0.15, 0.2) is 11.6 Å². The maximum Gasteiger partial charge on any atom is 0.267 e. The van der Waals surface area contributed by atoms with Crippen molar-refractivity contribution >= 4 is 67.0 Å². The molecule has 3 atom stereocenters. The monoisotopic (exact) mass is 1520 g/mol. The van der Waals surface area contributed by atoms with Crippen molar-refractivity contribution in [2.75, 3.05) is 65.4 Å². The Balaban J connectivity index is 0.000000132. The normalized spacial score (nSPS) is 17.7. The van der Waals surface area contributed by atoms with Gasteiger partial charge in [-0.2, -0.15) is 0 Å². The van der Waals surface area contributed by atoms with Gasteiger partial charge in [-0.05, 0) is 241 Å². The zero-order valence-corrected chi connectivity index (χ0v) is 65.2. The van der Waals surface area contributed by atoms with E-state index in [-0.39, 0.29) is 35.0 Å².